The van der Waals surface area contributed by atoms with E-state index in [4.69, 9.17) is 6.42 Å². The highest BCUT2D eigenvalue weighted by molar-refractivity contribution is 5.48. The van der Waals surface area contributed by atoms with E-state index in [9.17, 15) is 0 Å². The Morgan fingerprint density at radius 3 is 3.00 bits per heavy atom. The van der Waals surface area contributed by atoms with Crippen LogP contribution in [0.1, 0.15) is 31.9 Å². The zero-order valence-electron chi connectivity index (χ0n) is 10.9. The minimum Gasteiger partial charge on any atom is -0.348 e. The van der Waals surface area contributed by atoms with Gasteiger partial charge in [-0.3, -0.25) is 0 Å². The number of rotatable bonds is 6. The fourth-order valence-corrected chi connectivity index (χ4v) is 1.75. The average Bonchev–Trinajstić information content (AvgIpc) is 2.36. The zero-order chi connectivity index (χ0) is 12.7. The van der Waals surface area contributed by atoms with Crippen molar-refractivity contribution < 1.29 is 0 Å². The van der Waals surface area contributed by atoms with Crippen LogP contribution >= 0.6 is 0 Å². The molecule has 92 valence electrons. The second kappa shape index (κ2) is 6.93. The van der Waals surface area contributed by atoms with Gasteiger partial charge < -0.3 is 10.2 Å². The molecule has 3 nitrogen and oxygen atoms in total. The lowest BCUT2D eigenvalue weighted by atomic mass is 10.1. The van der Waals surface area contributed by atoms with E-state index in [1.165, 1.54) is 5.56 Å². The molecule has 0 fully saturated rings. The van der Waals surface area contributed by atoms with Gasteiger partial charge in [-0.15, -0.1) is 6.42 Å². The van der Waals surface area contributed by atoms with Crippen molar-refractivity contribution in [2.24, 2.45) is 0 Å². The maximum absolute atomic E-state index is 5.34. The van der Waals surface area contributed by atoms with E-state index in [1.54, 1.807) is 6.20 Å². The summed E-state index contributed by atoms with van der Waals surface area (Å²) < 4.78 is 0. The molecule has 0 aliphatic rings. The molecule has 0 saturated heterocycles. The number of pyridine rings is 1. The topological polar surface area (TPSA) is 28.2 Å². The fraction of sp³-hybridized carbons (Fsp3) is 0.500. The SMILES string of the molecule is C#CCN(C)c1ncccc1C(C)NCCC. The van der Waals surface area contributed by atoms with Crippen LogP contribution in [0.25, 0.3) is 0 Å². The molecular formula is C14H21N3. The minimum atomic E-state index is 0.291. The van der Waals surface area contributed by atoms with E-state index in [-0.39, 0.29) is 0 Å². The summed E-state index contributed by atoms with van der Waals surface area (Å²) in [7, 11) is 1.97. The van der Waals surface area contributed by atoms with Gasteiger partial charge in [0, 0.05) is 24.8 Å². The molecule has 0 bridgehead atoms. The lowest BCUT2D eigenvalue weighted by Crippen LogP contribution is -2.25. The highest BCUT2D eigenvalue weighted by atomic mass is 15.2. The molecule has 1 aromatic heterocycles. The van der Waals surface area contributed by atoms with E-state index in [1.807, 2.05) is 18.0 Å². The monoisotopic (exact) mass is 231 g/mol. The van der Waals surface area contributed by atoms with Crippen molar-refractivity contribution in [2.75, 3.05) is 25.0 Å². The highest BCUT2D eigenvalue weighted by Gasteiger charge is 2.13. The van der Waals surface area contributed by atoms with E-state index in [0.29, 0.717) is 12.6 Å². The molecule has 0 saturated carbocycles. The Kier molecular flexibility index (Phi) is 5.51. The molecular weight excluding hydrogens is 210 g/mol. The number of anilines is 1. The largest absolute Gasteiger partial charge is 0.348 e. The van der Waals surface area contributed by atoms with Crippen molar-refractivity contribution in [3.05, 3.63) is 23.9 Å². The lowest BCUT2D eigenvalue weighted by Gasteiger charge is -2.22. The first-order chi connectivity index (χ1) is 8.20. The maximum atomic E-state index is 5.34. The van der Waals surface area contributed by atoms with Crippen LogP contribution in [-0.2, 0) is 0 Å². The Morgan fingerprint density at radius 2 is 2.35 bits per heavy atom. The van der Waals surface area contributed by atoms with Gasteiger partial charge in [-0.1, -0.05) is 18.9 Å². The minimum absolute atomic E-state index is 0.291. The van der Waals surface area contributed by atoms with Crippen molar-refractivity contribution in [1.29, 1.82) is 0 Å². The van der Waals surface area contributed by atoms with Crippen molar-refractivity contribution >= 4 is 5.82 Å². The molecule has 0 aromatic carbocycles. The van der Waals surface area contributed by atoms with Crippen LogP contribution in [0.2, 0.25) is 0 Å². The van der Waals surface area contributed by atoms with E-state index in [2.05, 4.69) is 36.1 Å². The number of aromatic nitrogens is 1. The Bertz CT molecular complexity index is 381. The van der Waals surface area contributed by atoms with Crippen molar-refractivity contribution in [2.45, 2.75) is 26.3 Å². The lowest BCUT2D eigenvalue weighted by molar-refractivity contribution is 0.568. The third kappa shape index (κ3) is 3.76. The number of nitrogens with zero attached hydrogens (tertiary/aromatic N) is 2. The molecule has 3 heteroatoms. The van der Waals surface area contributed by atoms with Crippen LogP contribution in [0, 0.1) is 12.3 Å². The molecule has 0 radical (unpaired) electrons. The number of nitrogens with one attached hydrogen (secondary N) is 1. The fourth-order valence-electron chi connectivity index (χ4n) is 1.75. The van der Waals surface area contributed by atoms with Gasteiger partial charge >= 0.3 is 0 Å². The second-order valence-corrected chi connectivity index (χ2v) is 4.15. The Labute approximate surface area is 104 Å². The van der Waals surface area contributed by atoms with Gasteiger partial charge in [0.1, 0.15) is 5.82 Å². The molecule has 0 aliphatic carbocycles. The van der Waals surface area contributed by atoms with Crippen molar-refractivity contribution in [1.82, 2.24) is 10.3 Å². The molecule has 1 unspecified atom stereocenters. The molecule has 0 amide bonds. The summed E-state index contributed by atoms with van der Waals surface area (Å²) in [4.78, 5) is 6.42. The third-order valence-corrected chi connectivity index (χ3v) is 2.67. The summed E-state index contributed by atoms with van der Waals surface area (Å²) in [5.74, 6) is 3.60. The van der Waals surface area contributed by atoms with Crippen molar-refractivity contribution in [3.8, 4) is 12.3 Å². The van der Waals surface area contributed by atoms with Crippen LogP contribution < -0.4 is 10.2 Å². The molecule has 1 atom stereocenters. The molecule has 1 heterocycles. The second-order valence-electron chi connectivity index (χ2n) is 4.15. The van der Waals surface area contributed by atoms with Crippen LogP contribution in [0.3, 0.4) is 0 Å². The van der Waals surface area contributed by atoms with Gasteiger partial charge in [-0.05, 0) is 26.0 Å². The summed E-state index contributed by atoms with van der Waals surface area (Å²) in [5, 5.41) is 3.47. The molecule has 0 spiro atoms. The van der Waals surface area contributed by atoms with Crippen LogP contribution in [0.4, 0.5) is 5.82 Å². The molecule has 0 aliphatic heterocycles. The Balaban J connectivity index is 2.87. The summed E-state index contributed by atoms with van der Waals surface area (Å²) in [5.41, 5.74) is 1.19. The molecule has 1 rings (SSSR count). The Morgan fingerprint density at radius 1 is 1.59 bits per heavy atom. The first kappa shape index (κ1) is 13.5. The van der Waals surface area contributed by atoms with Gasteiger partial charge in [0.2, 0.25) is 0 Å². The van der Waals surface area contributed by atoms with E-state index < -0.39 is 0 Å². The zero-order valence-corrected chi connectivity index (χ0v) is 10.9. The first-order valence-corrected chi connectivity index (χ1v) is 6.03. The summed E-state index contributed by atoms with van der Waals surface area (Å²) >= 11 is 0. The summed E-state index contributed by atoms with van der Waals surface area (Å²) in [6.45, 7) is 5.90. The molecule has 1 aromatic rings. The number of terminal acetylenes is 1. The molecule has 1 N–H and O–H groups in total. The highest BCUT2D eigenvalue weighted by Crippen LogP contribution is 2.22. The summed E-state index contributed by atoms with van der Waals surface area (Å²) in [6, 6.07) is 4.36. The third-order valence-electron chi connectivity index (χ3n) is 2.67. The number of hydrogen-bond acceptors (Lipinski definition) is 3. The predicted molar refractivity (Wildman–Crippen MR) is 73.0 cm³/mol. The van der Waals surface area contributed by atoms with Crippen molar-refractivity contribution in [3.63, 3.8) is 0 Å². The van der Waals surface area contributed by atoms with E-state index in [0.717, 1.165) is 18.8 Å². The van der Waals surface area contributed by atoms with Gasteiger partial charge in [-0.2, -0.15) is 0 Å². The number of hydrogen-bond donors (Lipinski definition) is 1. The van der Waals surface area contributed by atoms with Crippen LogP contribution in [0.5, 0.6) is 0 Å². The smallest absolute Gasteiger partial charge is 0.133 e. The first-order valence-electron chi connectivity index (χ1n) is 6.03. The molecule has 17 heavy (non-hydrogen) atoms. The van der Waals surface area contributed by atoms with Crippen LogP contribution in [-0.4, -0.2) is 25.1 Å². The van der Waals surface area contributed by atoms with Gasteiger partial charge in [0.05, 0.1) is 6.54 Å². The van der Waals surface area contributed by atoms with Gasteiger partial charge in [-0.25, -0.2) is 4.98 Å². The summed E-state index contributed by atoms with van der Waals surface area (Å²) in [6.07, 6.45) is 8.27. The van der Waals surface area contributed by atoms with Crippen LogP contribution in [0.15, 0.2) is 18.3 Å². The van der Waals surface area contributed by atoms with E-state index >= 15 is 0 Å². The van der Waals surface area contributed by atoms with Gasteiger partial charge in [0.25, 0.3) is 0 Å². The maximum Gasteiger partial charge on any atom is 0.133 e. The standard InChI is InChI=1S/C14H21N3/c1-5-9-15-12(3)13-8-7-10-16-14(13)17(4)11-6-2/h2,7-8,10,12,15H,5,9,11H2,1,3-4H3. The quantitative estimate of drug-likeness (QED) is 0.761. The normalized spacial score (nSPS) is 11.9. The Hall–Kier alpha value is -1.53. The van der Waals surface area contributed by atoms with Gasteiger partial charge in [0.15, 0.2) is 0 Å². The average molecular weight is 231 g/mol. The predicted octanol–water partition coefficient (Wildman–Crippen LogP) is 2.21.